The second-order valence-corrected chi connectivity index (χ2v) is 24.1. The Morgan fingerprint density at radius 3 is 2.42 bits per heavy atom. The highest BCUT2D eigenvalue weighted by Crippen LogP contribution is 2.38. The number of thiazole rings is 1. The minimum atomic E-state index is -1.07. The lowest BCUT2D eigenvalue weighted by atomic mass is 9.85. The molecule has 3 fully saturated rings. The second kappa shape index (κ2) is 26.5. The molecule has 83 heavy (non-hydrogen) atoms. The van der Waals surface area contributed by atoms with E-state index in [0.29, 0.717) is 38.4 Å². The Labute approximate surface area is 488 Å². The SMILES string of the molecule is C=C(F)C(=O)N1CCN(c2nc(O[C@H](C)CN3CCC(OCCOCC(=O)N[C@H](C(=O)N4C[C@H](O)C[C@H]4C(=O)N[C@@H](C)c4ccc(-c5scnc5C)cc4)C(C)(C)C)CC3)nc3c2CCN(c2cc(O)cc4ccccc24)C3)C[C@@H]1CC#N. The van der Waals surface area contributed by atoms with Crippen LogP contribution in [0.5, 0.6) is 11.8 Å². The normalized spacial score (nSPS) is 19.9. The number of rotatable bonds is 20. The largest absolute Gasteiger partial charge is 0.508 e. The summed E-state index contributed by atoms with van der Waals surface area (Å²) >= 11 is 1.57. The topological polar surface area (TPSA) is 239 Å². The first-order valence-corrected chi connectivity index (χ1v) is 29.4. The van der Waals surface area contributed by atoms with E-state index in [1.807, 2.05) is 100 Å². The van der Waals surface area contributed by atoms with Crippen LogP contribution in [0.2, 0.25) is 0 Å². The molecule has 22 heteroatoms. The number of β-amino-alcohol motifs (C(OH)–C–C–N with tert-alkyl or cyclic N) is 1. The van der Waals surface area contributed by atoms with E-state index in [0.717, 1.165) is 75.3 Å². The number of phenolic OH excluding ortho intramolecular Hbond substituents is 1. The van der Waals surface area contributed by atoms with Crippen LogP contribution in [0.3, 0.4) is 0 Å². The summed E-state index contributed by atoms with van der Waals surface area (Å²) in [5, 5.41) is 39.0. The molecule has 4 amide bonds. The number of anilines is 2. The van der Waals surface area contributed by atoms with Gasteiger partial charge in [0, 0.05) is 81.5 Å². The minimum absolute atomic E-state index is 0.00461. The highest BCUT2D eigenvalue weighted by Gasteiger charge is 2.45. The van der Waals surface area contributed by atoms with Crippen molar-refractivity contribution in [2.24, 2.45) is 5.41 Å². The smallest absolute Gasteiger partial charge is 0.318 e. The monoisotopic (exact) mass is 1160 g/mol. The van der Waals surface area contributed by atoms with Gasteiger partial charge >= 0.3 is 6.01 Å². The zero-order valence-corrected chi connectivity index (χ0v) is 49.0. The van der Waals surface area contributed by atoms with E-state index in [-0.39, 0.29) is 88.2 Å². The number of hydrogen-bond acceptors (Lipinski definition) is 17. The second-order valence-electron chi connectivity index (χ2n) is 23.2. The molecular formula is C61H76FN11O9S. The summed E-state index contributed by atoms with van der Waals surface area (Å²) in [4.78, 5) is 78.8. The van der Waals surface area contributed by atoms with Gasteiger partial charge in [0.15, 0.2) is 5.83 Å². The molecule has 3 saturated heterocycles. The van der Waals surface area contributed by atoms with E-state index in [1.165, 1.54) is 9.80 Å². The number of aliphatic hydroxyl groups excluding tert-OH is 1. The number of nitriles is 1. The number of benzene rings is 3. The van der Waals surface area contributed by atoms with Gasteiger partial charge in [0.05, 0.1) is 78.3 Å². The fraction of sp³-hybridized carbons (Fsp3) is 0.508. The van der Waals surface area contributed by atoms with E-state index in [4.69, 9.17) is 24.2 Å². The maximum atomic E-state index is 14.2. The van der Waals surface area contributed by atoms with Crippen LogP contribution in [0.15, 0.2) is 78.6 Å². The number of carbonyl (C=O) groups excluding carboxylic acids is 4. The van der Waals surface area contributed by atoms with Crippen molar-refractivity contribution in [3.63, 3.8) is 0 Å². The van der Waals surface area contributed by atoms with Gasteiger partial charge in [-0.1, -0.05) is 75.9 Å². The summed E-state index contributed by atoms with van der Waals surface area (Å²) in [6.07, 6.45) is 0.945. The summed E-state index contributed by atoms with van der Waals surface area (Å²) in [6, 6.07) is 18.8. The van der Waals surface area contributed by atoms with Crippen molar-refractivity contribution in [3.05, 3.63) is 101 Å². The first kappa shape index (κ1) is 60.3. The van der Waals surface area contributed by atoms with Crippen LogP contribution in [0, 0.1) is 23.7 Å². The third kappa shape index (κ3) is 14.6. The van der Waals surface area contributed by atoms with Crippen LogP contribution in [-0.4, -0.2) is 172 Å². The first-order valence-electron chi connectivity index (χ1n) is 28.5. The van der Waals surface area contributed by atoms with Crippen LogP contribution in [-0.2, 0) is 41.6 Å². The lowest BCUT2D eigenvalue weighted by Crippen LogP contribution is -2.58. The van der Waals surface area contributed by atoms with Crippen LogP contribution in [0.1, 0.15) is 88.9 Å². The molecule has 5 aromatic rings. The molecule has 20 nitrogen and oxygen atoms in total. The molecule has 4 N–H and O–H groups in total. The number of piperazine rings is 1. The summed E-state index contributed by atoms with van der Waals surface area (Å²) in [5.74, 6) is -2.40. The number of phenols is 1. The molecule has 0 spiro atoms. The number of aliphatic hydroxyl groups is 1. The van der Waals surface area contributed by atoms with E-state index < -0.39 is 53.2 Å². The highest BCUT2D eigenvalue weighted by atomic mass is 32.1. The molecule has 442 valence electrons. The van der Waals surface area contributed by atoms with Crippen molar-refractivity contribution in [1.29, 1.82) is 5.26 Å². The number of ether oxygens (including phenoxy) is 3. The molecule has 3 aromatic carbocycles. The predicted molar refractivity (Wildman–Crippen MR) is 313 cm³/mol. The molecule has 4 aliphatic rings. The number of amides is 4. The molecule has 0 bridgehead atoms. The van der Waals surface area contributed by atoms with Crippen molar-refractivity contribution in [2.45, 2.75) is 123 Å². The third-order valence-electron chi connectivity index (χ3n) is 16.0. The van der Waals surface area contributed by atoms with Crippen molar-refractivity contribution in [1.82, 2.24) is 40.3 Å². The zero-order chi connectivity index (χ0) is 59.1. The maximum absolute atomic E-state index is 14.2. The van der Waals surface area contributed by atoms with Gasteiger partial charge in [0.1, 0.15) is 36.4 Å². The van der Waals surface area contributed by atoms with Crippen molar-refractivity contribution < 1.29 is 48.0 Å². The standard InChI is InChI=1S/C61H76FN11O9S/c1-37(82-60-66-50-34-70(51-29-45(74)28-43-10-8-9-11-48(43)51)23-19-49(50)56(68-60)71-24-25-72(58(78)38(2)62)44(32-71)16-20-63)31-69-21-17-47(18-22-69)81-27-26-80-35-53(76)67-55(61(5,6)7)59(79)73-33-46(75)30-52(73)57(77)65-39(3)41-12-14-42(15-13-41)54-40(4)64-36-83-54/h8-15,28-29,36-37,39,44,46-47,52,55,74-75H,2,16-19,21-27,30-35H2,1,3-7H3,(H,65,77)(H,67,76)/t37-,39+,44+,46-,52+,55-/m1/s1. The summed E-state index contributed by atoms with van der Waals surface area (Å²) in [6.45, 7) is 18.5. The summed E-state index contributed by atoms with van der Waals surface area (Å²) in [5.41, 5.74) is 6.52. The molecular weight excluding hydrogens is 1080 g/mol. The Bertz CT molecular complexity index is 3200. The van der Waals surface area contributed by atoms with Crippen LogP contribution in [0.25, 0.3) is 21.2 Å². The van der Waals surface area contributed by atoms with Crippen LogP contribution in [0.4, 0.5) is 15.9 Å². The Kier molecular flexibility index (Phi) is 19.3. The molecule has 9 rings (SSSR count). The lowest BCUT2D eigenvalue weighted by Gasteiger charge is -2.42. The average molecular weight is 1160 g/mol. The third-order valence-corrected chi connectivity index (χ3v) is 17.0. The van der Waals surface area contributed by atoms with Gasteiger partial charge in [-0.05, 0) is 68.0 Å². The number of likely N-dealkylation sites (tertiary alicyclic amines) is 2. The Morgan fingerprint density at radius 2 is 1.71 bits per heavy atom. The molecule has 0 aliphatic carbocycles. The van der Waals surface area contributed by atoms with Gasteiger partial charge in [-0.15, -0.1) is 11.3 Å². The molecule has 0 saturated carbocycles. The molecule has 4 aliphatic heterocycles. The summed E-state index contributed by atoms with van der Waals surface area (Å²) < 4.78 is 32.6. The zero-order valence-electron chi connectivity index (χ0n) is 48.2. The number of nitrogens with one attached hydrogen (secondary N) is 2. The van der Waals surface area contributed by atoms with Gasteiger partial charge in [-0.3, -0.25) is 24.1 Å². The predicted octanol–water partition coefficient (Wildman–Crippen LogP) is 6.38. The molecule has 0 unspecified atom stereocenters. The number of fused-ring (bicyclic) bond motifs is 2. The van der Waals surface area contributed by atoms with E-state index >= 15 is 0 Å². The first-order chi connectivity index (χ1) is 39.7. The van der Waals surface area contributed by atoms with E-state index in [1.54, 1.807) is 23.5 Å². The number of aromatic hydroxyl groups is 1. The van der Waals surface area contributed by atoms with Crippen molar-refractivity contribution in [2.75, 3.05) is 82.0 Å². The van der Waals surface area contributed by atoms with Gasteiger partial charge in [0.25, 0.3) is 5.91 Å². The fourth-order valence-electron chi connectivity index (χ4n) is 11.7. The maximum Gasteiger partial charge on any atom is 0.318 e. The highest BCUT2D eigenvalue weighted by molar-refractivity contribution is 7.13. The van der Waals surface area contributed by atoms with Crippen LogP contribution < -0.4 is 25.2 Å². The lowest BCUT2D eigenvalue weighted by molar-refractivity contribution is -0.144. The Morgan fingerprint density at radius 1 is 0.952 bits per heavy atom. The van der Waals surface area contributed by atoms with Gasteiger partial charge in [-0.2, -0.15) is 15.2 Å². The van der Waals surface area contributed by atoms with Crippen molar-refractivity contribution >= 4 is 57.2 Å². The van der Waals surface area contributed by atoms with Gasteiger partial charge in [0.2, 0.25) is 17.7 Å². The number of halogens is 1. The molecule has 0 radical (unpaired) electrons. The minimum Gasteiger partial charge on any atom is -0.508 e. The summed E-state index contributed by atoms with van der Waals surface area (Å²) in [7, 11) is 0. The number of nitrogens with zero attached hydrogens (tertiary/aromatic N) is 9. The quantitative estimate of drug-likeness (QED) is 0.0489. The number of hydrogen-bond donors (Lipinski definition) is 4. The fourth-order valence-corrected chi connectivity index (χ4v) is 12.5. The number of aryl methyl sites for hydroxylation is 1. The number of aromatic nitrogens is 3. The number of carbonyl (C=O) groups is 4. The van der Waals surface area contributed by atoms with Crippen LogP contribution >= 0.6 is 11.3 Å². The number of piperidine rings is 1. The van der Waals surface area contributed by atoms with E-state index in [2.05, 4.69) is 38.1 Å². The molecule has 6 heterocycles. The van der Waals surface area contributed by atoms with Crippen molar-refractivity contribution in [3.8, 4) is 28.3 Å². The molecule has 6 atom stereocenters. The Balaban J connectivity index is 0.746. The average Bonchev–Trinajstić information content (AvgIpc) is 4.17. The van der Waals surface area contributed by atoms with E-state index in [9.17, 15) is 39.0 Å². The Hall–Kier alpha value is -7.29. The van der Waals surface area contributed by atoms with Gasteiger partial charge in [-0.25, -0.2) is 9.37 Å². The molecule has 2 aromatic heterocycles. The van der Waals surface area contributed by atoms with Gasteiger partial charge < -0.3 is 54.7 Å².